The molecule has 0 saturated carbocycles. The van der Waals surface area contributed by atoms with E-state index in [0.29, 0.717) is 6.42 Å². The van der Waals surface area contributed by atoms with E-state index in [-0.39, 0.29) is 5.78 Å². The first-order valence-electron chi connectivity index (χ1n) is 3.28. The van der Waals surface area contributed by atoms with Crippen molar-refractivity contribution in [2.24, 2.45) is 0 Å². The Morgan fingerprint density at radius 1 is 1.80 bits per heavy atom. The summed E-state index contributed by atoms with van der Waals surface area (Å²) in [7, 11) is 0. The highest BCUT2D eigenvalue weighted by Gasteiger charge is 2.04. The van der Waals surface area contributed by atoms with Crippen LogP contribution in [-0.4, -0.2) is 10.2 Å². The smallest absolute Gasteiger partial charge is 0.174 e. The molecule has 0 fully saturated rings. The van der Waals surface area contributed by atoms with E-state index in [0.717, 1.165) is 11.3 Å². The van der Waals surface area contributed by atoms with Crippen molar-refractivity contribution < 1.29 is 4.79 Å². The average Bonchev–Trinajstić information content (AvgIpc) is 2.38. The summed E-state index contributed by atoms with van der Waals surface area (Å²) in [4.78, 5) is 11.9. The van der Waals surface area contributed by atoms with Crippen LogP contribution in [0.4, 0.5) is 0 Å². The van der Waals surface area contributed by atoms with Gasteiger partial charge >= 0.3 is 0 Å². The third-order valence-electron chi connectivity index (χ3n) is 1.19. The normalized spacial score (nSPS) is 9.70. The Balaban J connectivity index is 2.59. The summed E-state index contributed by atoms with van der Waals surface area (Å²) in [6.45, 7) is 2.00. The van der Waals surface area contributed by atoms with Gasteiger partial charge in [0.05, 0.1) is 4.88 Å². The third kappa shape index (κ3) is 1.64. The van der Waals surface area contributed by atoms with Crippen LogP contribution in [0.15, 0.2) is 12.3 Å². The van der Waals surface area contributed by atoms with E-state index >= 15 is 0 Å². The van der Waals surface area contributed by atoms with Gasteiger partial charge in [-0.15, -0.1) is 0 Å². The number of carbonyl (C=O) groups excluding carboxylic acids is 1. The number of rotatable bonds is 3. The molecular formula is C7H9NOS. The van der Waals surface area contributed by atoms with E-state index in [4.69, 9.17) is 0 Å². The van der Waals surface area contributed by atoms with Crippen LogP contribution in [-0.2, 0) is 0 Å². The van der Waals surface area contributed by atoms with Crippen LogP contribution in [0, 0.1) is 0 Å². The van der Waals surface area contributed by atoms with Gasteiger partial charge in [-0.1, -0.05) is 6.92 Å². The molecule has 1 heterocycles. The van der Waals surface area contributed by atoms with Gasteiger partial charge < -0.3 is 0 Å². The maximum Gasteiger partial charge on any atom is 0.174 e. The zero-order valence-corrected chi connectivity index (χ0v) is 6.65. The molecule has 0 atom stereocenters. The Morgan fingerprint density at radius 3 is 3.10 bits per heavy atom. The molecule has 10 heavy (non-hydrogen) atoms. The molecule has 0 saturated heterocycles. The summed E-state index contributed by atoms with van der Waals surface area (Å²) in [5.41, 5.74) is 0. The number of ketones is 1. The minimum atomic E-state index is 0.213. The summed E-state index contributed by atoms with van der Waals surface area (Å²) >= 11 is 1.27. The SMILES string of the molecule is CCCC(=O)c1ccns1. The number of aromatic nitrogens is 1. The molecule has 1 rings (SSSR count). The van der Waals surface area contributed by atoms with E-state index in [2.05, 4.69) is 4.37 Å². The molecule has 0 aliphatic carbocycles. The van der Waals surface area contributed by atoms with Crippen molar-refractivity contribution in [2.75, 3.05) is 0 Å². The number of nitrogens with zero attached hydrogens (tertiary/aromatic N) is 1. The minimum absolute atomic E-state index is 0.213. The lowest BCUT2D eigenvalue weighted by Gasteiger charge is -1.89. The number of hydrogen-bond donors (Lipinski definition) is 0. The molecule has 0 amide bonds. The van der Waals surface area contributed by atoms with E-state index in [9.17, 15) is 4.79 Å². The second-order valence-corrected chi connectivity index (χ2v) is 2.88. The van der Waals surface area contributed by atoms with E-state index in [1.165, 1.54) is 11.5 Å². The first-order valence-corrected chi connectivity index (χ1v) is 4.06. The molecule has 3 heteroatoms. The zero-order chi connectivity index (χ0) is 7.40. The van der Waals surface area contributed by atoms with E-state index in [1.54, 1.807) is 12.3 Å². The molecule has 0 unspecified atom stereocenters. The van der Waals surface area contributed by atoms with Crippen molar-refractivity contribution in [1.29, 1.82) is 0 Å². The fraction of sp³-hybridized carbons (Fsp3) is 0.429. The van der Waals surface area contributed by atoms with Gasteiger partial charge in [0.1, 0.15) is 0 Å². The molecule has 2 nitrogen and oxygen atoms in total. The molecule has 0 bridgehead atoms. The highest BCUT2D eigenvalue weighted by atomic mass is 32.1. The first-order chi connectivity index (χ1) is 4.84. The Bertz CT molecular complexity index is 205. The van der Waals surface area contributed by atoms with Gasteiger partial charge in [0.25, 0.3) is 0 Å². The molecule has 1 aromatic heterocycles. The number of carbonyl (C=O) groups is 1. The molecule has 1 aromatic rings. The predicted octanol–water partition coefficient (Wildman–Crippen LogP) is 2.13. The predicted molar refractivity (Wildman–Crippen MR) is 41.4 cm³/mol. The van der Waals surface area contributed by atoms with Crippen molar-refractivity contribution in [1.82, 2.24) is 4.37 Å². The minimum Gasteiger partial charge on any atom is -0.293 e. The molecule has 0 radical (unpaired) electrons. The van der Waals surface area contributed by atoms with Crippen LogP contribution in [0.1, 0.15) is 29.4 Å². The van der Waals surface area contributed by atoms with Gasteiger partial charge in [-0.2, -0.15) is 0 Å². The Morgan fingerprint density at radius 2 is 2.60 bits per heavy atom. The van der Waals surface area contributed by atoms with Crippen LogP contribution in [0.25, 0.3) is 0 Å². The second kappa shape index (κ2) is 3.46. The van der Waals surface area contributed by atoms with Crippen molar-refractivity contribution in [3.8, 4) is 0 Å². The van der Waals surface area contributed by atoms with Gasteiger partial charge in [0.2, 0.25) is 0 Å². The van der Waals surface area contributed by atoms with Crippen LogP contribution in [0.3, 0.4) is 0 Å². The lowest BCUT2D eigenvalue weighted by atomic mass is 10.2. The van der Waals surface area contributed by atoms with Crippen molar-refractivity contribution in [3.05, 3.63) is 17.1 Å². The maximum absolute atomic E-state index is 11.1. The third-order valence-corrected chi connectivity index (χ3v) is 1.98. The monoisotopic (exact) mass is 155 g/mol. The highest BCUT2D eigenvalue weighted by molar-refractivity contribution is 7.08. The number of Topliss-reactive ketones (excluding diaryl/α,β-unsaturated/α-hetero) is 1. The molecule has 0 aliphatic rings. The van der Waals surface area contributed by atoms with E-state index < -0.39 is 0 Å². The van der Waals surface area contributed by atoms with Crippen LogP contribution >= 0.6 is 11.5 Å². The Labute approximate surface area is 64.1 Å². The fourth-order valence-electron chi connectivity index (χ4n) is 0.710. The molecule has 54 valence electrons. The standard InChI is InChI=1S/C7H9NOS/c1-2-3-6(9)7-4-5-8-10-7/h4-5H,2-3H2,1H3. The van der Waals surface area contributed by atoms with Gasteiger partial charge in [-0.05, 0) is 24.0 Å². The molecule has 0 N–H and O–H groups in total. The van der Waals surface area contributed by atoms with Gasteiger partial charge in [-0.3, -0.25) is 4.79 Å². The highest BCUT2D eigenvalue weighted by Crippen LogP contribution is 2.08. The van der Waals surface area contributed by atoms with Crippen molar-refractivity contribution in [3.63, 3.8) is 0 Å². The van der Waals surface area contributed by atoms with Gasteiger partial charge in [-0.25, -0.2) is 4.37 Å². The quantitative estimate of drug-likeness (QED) is 0.626. The Hall–Kier alpha value is -0.700. The van der Waals surface area contributed by atoms with Crippen LogP contribution in [0.2, 0.25) is 0 Å². The lowest BCUT2D eigenvalue weighted by molar-refractivity contribution is 0.0985. The average molecular weight is 155 g/mol. The summed E-state index contributed by atoms with van der Waals surface area (Å²) in [6, 6.07) is 1.77. The van der Waals surface area contributed by atoms with Gasteiger partial charge in [0.15, 0.2) is 5.78 Å². The van der Waals surface area contributed by atoms with Crippen molar-refractivity contribution >= 4 is 17.3 Å². The maximum atomic E-state index is 11.1. The largest absolute Gasteiger partial charge is 0.293 e. The fourth-order valence-corrected chi connectivity index (χ4v) is 1.27. The lowest BCUT2D eigenvalue weighted by Crippen LogP contribution is -1.93. The topological polar surface area (TPSA) is 30.0 Å². The molecule has 0 spiro atoms. The molecule has 0 aliphatic heterocycles. The van der Waals surface area contributed by atoms with Crippen molar-refractivity contribution in [2.45, 2.75) is 19.8 Å². The van der Waals surface area contributed by atoms with Crippen LogP contribution in [0.5, 0.6) is 0 Å². The Kier molecular flexibility index (Phi) is 2.57. The first kappa shape index (κ1) is 7.41. The summed E-state index contributed by atoms with van der Waals surface area (Å²) in [5.74, 6) is 0.213. The zero-order valence-electron chi connectivity index (χ0n) is 5.83. The summed E-state index contributed by atoms with van der Waals surface area (Å²) in [5, 5.41) is 0. The van der Waals surface area contributed by atoms with E-state index in [1.807, 2.05) is 6.92 Å². The number of hydrogen-bond acceptors (Lipinski definition) is 3. The summed E-state index contributed by atoms with van der Waals surface area (Å²) < 4.78 is 3.85. The molecule has 0 aromatic carbocycles. The summed E-state index contributed by atoms with van der Waals surface area (Å²) in [6.07, 6.45) is 3.21. The second-order valence-electron chi connectivity index (χ2n) is 2.05. The van der Waals surface area contributed by atoms with Crippen LogP contribution < -0.4 is 0 Å². The molecular weight excluding hydrogens is 146 g/mol. The van der Waals surface area contributed by atoms with Gasteiger partial charge in [0, 0.05) is 12.6 Å².